The number of fused-ring (bicyclic) bond motifs is 3. The summed E-state index contributed by atoms with van der Waals surface area (Å²) in [6, 6.07) is 32.3. The van der Waals surface area contributed by atoms with E-state index in [1.54, 1.807) is 3.28 Å². The van der Waals surface area contributed by atoms with Crippen molar-refractivity contribution < 1.29 is 18.3 Å². The molecule has 0 nitrogen and oxygen atoms in total. The van der Waals surface area contributed by atoms with E-state index in [0.717, 1.165) is 6.42 Å². The number of allylic oxidation sites excluding steroid dienone is 4. The molecule has 0 saturated carbocycles. The van der Waals surface area contributed by atoms with E-state index in [2.05, 4.69) is 202 Å². The molecule has 0 N–H and O–H groups in total. The molecule has 1 atom stereocenters. The number of hydrogen-bond acceptors (Lipinski definition) is 0. The molecule has 3 heteroatoms. The molecule has 0 amide bonds. The molecule has 0 aliphatic heterocycles. The Bertz CT molecular complexity index is 2140. The first-order valence-electron chi connectivity index (χ1n) is 20.2. The summed E-state index contributed by atoms with van der Waals surface area (Å²) >= 11 is -5.13. The number of rotatable bonds is 4. The molecule has 0 spiro atoms. The molecular formula is C52H70Cl2Zr. The van der Waals surface area contributed by atoms with Crippen molar-refractivity contribution in [3.63, 3.8) is 0 Å². The molecule has 4 aromatic rings. The van der Waals surface area contributed by atoms with Crippen LogP contribution in [-0.2, 0) is 46.4 Å². The van der Waals surface area contributed by atoms with Crippen molar-refractivity contribution in [2.45, 2.75) is 139 Å². The number of hydrogen-bond donors (Lipinski definition) is 0. The second-order valence-electron chi connectivity index (χ2n) is 22.0. The minimum atomic E-state index is -5.13. The summed E-state index contributed by atoms with van der Waals surface area (Å²) in [6.07, 6.45) is 6.14. The Morgan fingerprint density at radius 1 is 0.509 bits per heavy atom. The summed E-state index contributed by atoms with van der Waals surface area (Å²) in [5, 5.41) is 0. The van der Waals surface area contributed by atoms with Gasteiger partial charge in [0.15, 0.2) is 0 Å². The summed E-state index contributed by atoms with van der Waals surface area (Å²) in [4.78, 5) is 0. The van der Waals surface area contributed by atoms with Gasteiger partial charge in [0, 0.05) is 0 Å². The van der Waals surface area contributed by atoms with Crippen molar-refractivity contribution in [1.29, 1.82) is 0 Å². The van der Waals surface area contributed by atoms with Crippen LogP contribution in [0.1, 0.15) is 144 Å². The van der Waals surface area contributed by atoms with Gasteiger partial charge in [-0.05, 0) is 0 Å². The Labute approximate surface area is 349 Å². The molecule has 0 heterocycles. The van der Waals surface area contributed by atoms with Gasteiger partial charge in [-0.25, -0.2) is 0 Å². The average molecular weight is 857 g/mol. The fraction of sp³-hybridized carbons (Fsp3) is 0.442. The van der Waals surface area contributed by atoms with Crippen LogP contribution in [0.3, 0.4) is 0 Å². The van der Waals surface area contributed by atoms with E-state index >= 15 is 0 Å². The van der Waals surface area contributed by atoms with E-state index in [4.69, 9.17) is 4.21 Å². The van der Waals surface area contributed by atoms with Crippen molar-refractivity contribution >= 4 is 38.8 Å². The average Bonchev–Trinajstić information content (AvgIpc) is 3.63. The second kappa shape index (κ2) is 14.5. The zero-order valence-electron chi connectivity index (χ0n) is 37.0. The van der Waals surface area contributed by atoms with Gasteiger partial charge in [0.2, 0.25) is 0 Å². The fourth-order valence-corrected chi connectivity index (χ4v) is 25.5. The standard InChI is InChI=1S/C21H25.C10H15.2C10H13.CH2.2ClH.Zr/c1-20(2,3)16-9-7-14-11-15-8-10-17(21(4,5)6)13-19(15)18(14)12-16;1-8-5-6-9(7-8)10(2,3)4;2*1-10(2,3)9-7-5-4-6-8-9;;;;/h7,9-10,12-13H,11H2,1-6H3;6-8H,1-4H3;2*5-8H,1-3H3;1H2;2*1H;. The molecule has 0 radical (unpaired) electrons. The molecule has 296 valence electrons. The molecular weight excluding hydrogens is 787 g/mol. The zero-order chi connectivity index (χ0) is 39.3. The van der Waals surface area contributed by atoms with Crippen LogP contribution in [0.5, 0.6) is 0 Å². The number of benzene rings is 4. The Hall–Kier alpha value is -2.31. The molecule has 0 bridgehead atoms. The summed E-state index contributed by atoms with van der Waals surface area (Å²) in [7, 11) is 0. The van der Waals surface area contributed by atoms with Crippen molar-refractivity contribution in [1.82, 2.24) is 0 Å². The summed E-state index contributed by atoms with van der Waals surface area (Å²) in [6.45, 7) is 37.7. The molecule has 0 aromatic heterocycles. The molecule has 55 heavy (non-hydrogen) atoms. The van der Waals surface area contributed by atoms with Crippen LogP contribution in [0.2, 0.25) is 0 Å². The van der Waals surface area contributed by atoms with Crippen LogP contribution in [0, 0.1) is 11.3 Å². The van der Waals surface area contributed by atoms with Crippen molar-refractivity contribution in [2.75, 3.05) is 0 Å². The molecule has 0 saturated heterocycles. The first kappa shape index (κ1) is 45.4. The molecule has 0 fully saturated rings. The minimum absolute atomic E-state index is 0. The molecule has 6 rings (SSSR count). The van der Waals surface area contributed by atoms with E-state index in [1.165, 1.54) is 59.9 Å². The molecule has 1 unspecified atom stereocenters. The van der Waals surface area contributed by atoms with E-state index in [9.17, 15) is 0 Å². The van der Waals surface area contributed by atoms with Crippen LogP contribution in [-0.4, -0.2) is 4.21 Å². The Morgan fingerprint density at radius 3 is 1.33 bits per heavy atom. The quantitative estimate of drug-likeness (QED) is 0.169. The summed E-state index contributed by atoms with van der Waals surface area (Å²) in [5.74, 6) is 0.266. The van der Waals surface area contributed by atoms with E-state index < -0.39 is 18.3 Å². The van der Waals surface area contributed by atoms with Gasteiger partial charge in [-0.3, -0.25) is 0 Å². The zero-order valence-corrected chi connectivity index (χ0v) is 41.1. The normalized spacial score (nSPS) is 16.4. The Morgan fingerprint density at radius 2 is 0.927 bits per heavy atom. The second-order valence-corrected chi connectivity index (χ2v) is 34.7. The predicted octanol–water partition coefficient (Wildman–Crippen LogP) is 13.2. The first-order chi connectivity index (χ1) is 24.1. The van der Waals surface area contributed by atoms with E-state index in [0.29, 0.717) is 0 Å². The topological polar surface area (TPSA) is 0 Å². The van der Waals surface area contributed by atoms with Crippen LogP contribution in [0.25, 0.3) is 11.1 Å². The monoisotopic (exact) mass is 854 g/mol. The summed E-state index contributed by atoms with van der Waals surface area (Å²) in [5.41, 5.74) is 12.9. The molecule has 2 aliphatic carbocycles. The summed E-state index contributed by atoms with van der Waals surface area (Å²) < 4.78 is 11.9. The van der Waals surface area contributed by atoms with Gasteiger partial charge in [0.25, 0.3) is 0 Å². The van der Waals surface area contributed by atoms with Crippen LogP contribution in [0.4, 0.5) is 0 Å². The first-order valence-corrected chi connectivity index (χ1v) is 26.8. The maximum absolute atomic E-state index is 5.97. The van der Waals surface area contributed by atoms with Crippen molar-refractivity contribution in [3.8, 4) is 11.1 Å². The van der Waals surface area contributed by atoms with E-state index in [1.807, 2.05) is 0 Å². The number of halogens is 2. The van der Waals surface area contributed by atoms with Crippen LogP contribution < -0.4 is 9.81 Å². The van der Waals surface area contributed by atoms with Gasteiger partial charge in [-0.1, -0.05) is 0 Å². The van der Waals surface area contributed by atoms with Gasteiger partial charge >= 0.3 is 327 Å². The van der Waals surface area contributed by atoms with Gasteiger partial charge in [0.1, 0.15) is 0 Å². The molecule has 2 aliphatic rings. The van der Waals surface area contributed by atoms with Gasteiger partial charge in [-0.15, -0.1) is 24.8 Å². The van der Waals surface area contributed by atoms with Gasteiger partial charge < -0.3 is 0 Å². The third kappa shape index (κ3) is 7.71. The SMILES string of the molecule is Cl.Cl.[CH2]=[Zr]([C]1=CC(C(C)(C)C)=CC1C)([c]1ccc(C(C)(C)C)cc1)([c]1ccc(C(C)(C)C)cc1)[c]1cc(C(C)(C)C)cc2c1Cc1ccc(C(C)(C)C)cc1-2. The Kier molecular flexibility index (Phi) is 12.0. The third-order valence-corrected chi connectivity index (χ3v) is 29.4. The van der Waals surface area contributed by atoms with E-state index in [-0.39, 0.29) is 57.8 Å². The van der Waals surface area contributed by atoms with Crippen molar-refractivity contribution in [2.24, 2.45) is 11.3 Å². The Balaban J connectivity index is 0.00000336. The van der Waals surface area contributed by atoms with Crippen LogP contribution in [0.15, 0.2) is 99.9 Å². The van der Waals surface area contributed by atoms with Crippen molar-refractivity contribution in [3.05, 3.63) is 133 Å². The third-order valence-electron chi connectivity index (χ3n) is 12.9. The maximum atomic E-state index is 5.97. The van der Waals surface area contributed by atoms with Gasteiger partial charge in [0.05, 0.1) is 0 Å². The predicted molar refractivity (Wildman–Crippen MR) is 248 cm³/mol. The van der Waals surface area contributed by atoms with Gasteiger partial charge in [-0.2, -0.15) is 0 Å². The molecule has 4 aromatic carbocycles. The van der Waals surface area contributed by atoms with Crippen LogP contribution >= 0.6 is 24.8 Å². The fourth-order valence-electron chi connectivity index (χ4n) is 9.14.